The van der Waals surface area contributed by atoms with Crippen LogP contribution >= 0.6 is 11.8 Å². The Labute approximate surface area is 90.4 Å². The molecule has 1 fully saturated rings. The van der Waals surface area contributed by atoms with Crippen LogP contribution in [0.3, 0.4) is 0 Å². The van der Waals surface area contributed by atoms with Crippen LogP contribution in [0.15, 0.2) is 11.1 Å². The molecule has 0 unspecified atom stereocenters. The lowest BCUT2D eigenvalue weighted by molar-refractivity contribution is -0.142. The second kappa shape index (κ2) is 3.69. The lowest BCUT2D eigenvalue weighted by Gasteiger charge is -2.31. The van der Waals surface area contributed by atoms with E-state index >= 15 is 0 Å². The third-order valence-electron chi connectivity index (χ3n) is 2.07. The Bertz CT molecular complexity index is 376. The summed E-state index contributed by atoms with van der Waals surface area (Å²) in [6, 6.07) is 0. The smallest absolute Gasteiger partial charge is 0.346 e. The summed E-state index contributed by atoms with van der Waals surface area (Å²) >= 11 is 1.30. The molecule has 0 aromatic heterocycles. The number of thioether (sulfide) groups is 1. The maximum atomic E-state index is 11.4. The van der Waals surface area contributed by atoms with Crippen molar-refractivity contribution >= 4 is 29.4 Å². The molecule has 1 amide bonds. The molecule has 0 radical (unpaired) electrons. The van der Waals surface area contributed by atoms with Crippen molar-refractivity contribution in [3.8, 4) is 0 Å². The van der Waals surface area contributed by atoms with Gasteiger partial charge in [-0.05, 0) is 6.92 Å². The maximum absolute atomic E-state index is 11.4. The number of β-lactam (4-membered cyclic amide) rings is 1. The van der Waals surface area contributed by atoms with Gasteiger partial charge in [-0.3, -0.25) is 9.59 Å². The Hall–Kier alpha value is -1.30. The number of hydrogen-bond acceptors (Lipinski definition) is 5. The Morgan fingerprint density at radius 1 is 1.67 bits per heavy atom. The van der Waals surface area contributed by atoms with Gasteiger partial charge in [0.2, 0.25) is 5.91 Å². The van der Waals surface area contributed by atoms with Crippen LogP contribution in [0.1, 0.15) is 13.3 Å². The van der Waals surface area contributed by atoms with E-state index in [0.29, 0.717) is 11.3 Å². The monoisotopic (exact) mass is 227 g/mol. The third kappa shape index (κ3) is 1.90. The number of esters is 1. The highest BCUT2D eigenvalue weighted by atomic mass is 32.2. The minimum absolute atomic E-state index is 0.0156. The molecule has 0 aliphatic carbocycles. The van der Waals surface area contributed by atoms with Gasteiger partial charge < -0.3 is 9.64 Å². The molecule has 0 N–H and O–H groups in total. The summed E-state index contributed by atoms with van der Waals surface area (Å²) in [5.74, 6) is -0.717. The summed E-state index contributed by atoms with van der Waals surface area (Å²) in [5.41, 5.74) is 0. The molecule has 80 valence electrons. The molecule has 5 nitrogen and oxygen atoms in total. The Morgan fingerprint density at radius 2 is 2.40 bits per heavy atom. The fourth-order valence-corrected chi connectivity index (χ4v) is 2.44. The first-order valence-corrected chi connectivity index (χ1v) is 5.32. The lowest BCUT2D eigenvalue weighted by atomic mass is 10.2. The van der Waals surface area contributed by atoms with Crippen LogP contribution in [0, 0.1) is 0 Å². The summed E-state index contributed by atoms with van der Waals surface area (Å²) in [4.78, 5) is 34.9. The summed E-state index contributed by atoms with van der Waals surface area (Å²) in [6.45, 7) is 1.13. The number of amides is 1. The van der Waals surface area contributed by atoms with Gasteiger partial charge in [-0.2, -0.15) is 0 Å². The minimum atomic E-state index is -0.530. The molecule has 0 saturated carbocycles. The average Bonchev–Trinajstić information content (AvgIpc) is 2.52. The first-order valence-electron chi connectivity index (χ1n) is 4.44. The van der Waals surface area contributed by atoms with Crippen LogP contribution < -0.4 is 0 Å². The normalized spacial score (nSPS) is 23.0. The number of ketones is 1. The van der Waals surface area contributed by atoms with E-state index in [-0.39, 0.29) is 23.7 Å². The van der Waals surface area contributed by atoms with E-state index in [1.54, 1.807) is 0 Å². The summed E-state index contributed by atoms with van der Waals surface area (Å²) in [5, 5.41) is 0.0531. The molecule has 0 bridgehead atoms. The predicted molar refractivity (Wildman–Crippen MR) is 52.6 cm³/mol. The minimum Gasteiger partial charge on any atom is -0.454 e. The van der Waals surface area contributed by atoms with Gasteiger partial charge in [-0.15, -0.1) is 0 Å². The van der Waals surface area contributed by atoms with E-state index in [9.17, 15) is 14.4 Å². The molecule has 2 heterocycles. The highest BCUT2D eigenvalue weighted by molar-refractivity contribution is 8.04. The fourth-order valence-electron chi connectivity index (χ4n) is 1.30. The van der Waals surface area contributed by atoms with E-state index in [1.165, 1.54) is 29.8 Å². The highest BCUT2D eigenvalue weighted by Gasteiger charge is 2.42. The predicted octanol–water partition coefficient (Wildman–Crippen LogP) is 0.265. The van der Waals surface area contributed by atoms with Gasteiger partial charge in [0.15, 0.2) is 5.78 Å². The molecule has 15 heavy (non-hydrogen) atoms. The van der Waals surface area contributed by atoms with Crippen molar-refractivity contribution in [1.82, 2.24) is 4.90 Å². The summed E-state index contributed by atoms with van der Waals surface area (Å²) in [7, 11) is 0. The largest absolute Gasteiger partial charge is 0.454 e. The van der Waals surface area contributed by atoms with Crippen LogP contribution in [0.25, 0.3) is 0 Å². The summed E-state index contributed by atoms with van der Waals surface area (Å²) in [6.07, 6.45) is 1.95. The Morgan fingerprint density at radius 3 is 2.93 bits per heavy atom. The van der Waals surface area contributed by atoms with Crippen molar-refractivity contribution in [3.05, 3.63) is 11.1 Å². The van der Waals surface area contributed by atoms with E-state index < -0.39 is 5.97 Å². The first-order chi connectivity index (χ1) is 7.08. The van der Waals surface area contributed by atoms with Crippen molar-refractivity contribution in [2.75, 3.05) is 6.61 Å². The molecule has 2 aliphatic heterocycles. The number of ether oxygens (including phenoxy) is 1. The second-order valence-electron chi connectivity index (χ2n) is 3.35. The van der Waals surface area contributed by atoms with E-state index in [2.05, 4.69) is 0 Å². The van der Waals surface area contributed by atoms with Crippen LogP contribution in [0.4, 0.5) is 0 Å². The fraction of sp³-hybridized carbons (Fsp3) is 0.444. The number of rotatable bonds is 3. The Balaban J connectivity index is 1.92. The Kier molecular flexibility index (Phi) is 2.52. The SMILES string of the molecule is CC(=O)COC(=O)C1=CN2C(=O)C[C@H]2S1. The molecule has 0 aromatic carbocycles. The number of hydrogen-bond donors (Lipinski definition) is 0. The standard InChI is InChI=1S/C9H9NO4S/c1-5(11)4-14-9(13)6-3-10-7(12)2-8(10)15-6/h3,8H,2,4H2,1H3/t8-/m1/s1. The zero-order valence-electron chi connectivity index (χ0n) is 8.06. The van der Waals surface area contributed by atoms with Crippen LogP contribution in [-0.4, -0.2) is 34.5 Å². The topological polar surface area (TPSA) is 63.7 Å². The van der Waals surface area contributed by atoms with Gasteiger partial charge in [0, 0.05) is 6.20 Å². The van der Waals surface area contributed by atoms with Crippen molar-refractivity contribution in [2.45, 2.75) is 18.7 Å². The van der Waals surface area contributed by atoms with Gasteiger partial charge in [0.05, 0.1) is 11.8 Å². The van der Waals surface area contributed by atoms with Gasteiger partial charge in [0.1, 0.15) is 11.5 Å². The number of carbonyl (C=O) groups excluding carboxylic acids is 3. The lowest BCUT2D eigenvalue weighted by Crippen LogP contribution is -2.44. The molecule has 2 aliphatic rings. The molecule has 0 spiro atoms. The number of nitrogens with zero attached hydrogens (tertiary/aromatic N) is 1. The first kappa shape index (κ1) is 10.2. The zero-order valence-corrected chi connectivity index (χ0v) is 8.87. The molecule has 1 atom stereocenters. The molecule has 1 saturated heterocycles. The van der Waals surface area contributed by atoms with Crippen LogP contribution in [0.2, 0.25) is 0 Å². The van der Waals surface area contributed by atoms with Crippen LogP contribution in [0.5, 0.6) is 0 Å². The second-order valence-corrected chi connectivity index (χ2v) is 4.57. The molecule has 0 aromatic rings. The molecule has 6 heteroatoms. The van der Waals surface area contributed by atoms with Gasteiger partial charge in [0.25, 0.3) is 0 Å². The maximum Gasteiger partial charge on any atom is 0.346 e. The van der Waals surface area contributed by atoms with Gasteiger partial charge in [-0.1, -0.05) is 11.8 Å². The molecular formula is C9H9NO4S. The quantitative estimate of drug-likeness (QED) is 0.511. The van der Waals surface area contributed by atoms with Crippen LogP contribution in [-0.2, 0) is 19.1 Å². The molecule has 2 rings (SSSR count). The highest BCUT2D eigenvalue weighted by Crippen LogP contribution is 2.41. The number of fused-ring (bicyclic) bond motifs is 1. The van der Waals surface area contributed by atoms with Crippen molar-refractivity contribution in [3.63, 3.8) is 0 Å². The van der Waals surface area contributed by atoms with E-state index in [1.807, 2.05) is 0 Å². The average molecular weight is 227 g/mol. The van der Waals surface area contributed by atoms with Crippen molar-refractivity contribution in [1.29, 1.82) is 0 Å². The van der Waals surface area contributed by atoms with Gasteiger partial charge in [-0.25, -0.2) is 4.79 Å². The van der Waals surface area contributed by atoms with Crippen molar-refractivity contribution < 1.29 is 19.1 Å². The third-order valence-corrected chi connectivity index (χ3v) is 3.27. The number of Topliss-reactive ketones (excluding diaryl/α,β-unsaturated/α-hetero) is 1. The molecular weight excluding hydrogens is 218 g/mol. The van der Waals surface area contributed by atoms with Gasteiger partial charge >= 0.3 is 5.97 Å². The number of carbonyl (C=O) groups is 3. The van der Waals surface area contributed by atoms with Crippen molar-refractivity contribution in [2.24, 2.45) is 0 Å². The van der Waals surface area contributed by atoms with E-state index in [0.717, 1.165) is 0 Å². The zero-order chi connectivity index (χ0) is 11.0. The van der Waals surface area contributed by atoms with E-state index in [4.69, 9.17) is 4.74 Å². The summed E-state index contributed by atoms with van der Waals surface area (Å²) < 4.78 is 4.73.